The van der Waals surface area contributed by atoms with Gasteiger partial charge in [-0.05, 0) is 109 Å². The Morgan fingerprint density at radius 1 is 0.388 bits per heavy atom. The molecule has 2 heterocycles. The third kappa shape index (κ3) is 3.66. The number of benzene rings is 8. The van der Waals surface area contributed by atoms with Gasteiger partial charge in [-0.3, -0.25) is 0 Å². The van der Waals surface area contributed by atoms with E-state index in [0.717, 1.165) is 38.5 Å². The highest BCUT2D eigenvalue weighted by molar-refractivity contribution is 6.16. The van der Waals surface area contributed by atoms with Gasteiger partial charge in [-0.2, -0.15) is 0 Å². The Morgan fingerprint density at radius 3 is 1.94 bits per heavy atom. The molecule has 0 spiro atoms. The third-order valence-corrected chi connectivity index (χ3v) is 11.0. The van der Waals surface area contributed by atoms with Crippen molar-refractivity contribution < 1.29 is 8.83 Å². The highest BCUT2D eigenvalue weighted by Crippen LogP contribution is 2.53. The molecule has 2 heteroatoms. The van der Waals surface area contributed by atoms with Crippen molar-refractivity contribution in [2.75, 3.05) is 0 Å². The molecule has 0 atom stereocenters. The van der Waals surface area contributed by atoms with Gasteiger partial charge in [0.05, 0.1) is 0 Å². The van der Waals surface area contributed by atoms with Crippen molar-refractivity contribution in [3.8, 4) is 33.4 Å². The summed E-state index contributed by atoms with van der Waals surface area (Å²) in [7, 11) is 0. The SMILES string of the molecule is CC1(C)c2cc(-c3cccc4oc5cc6ccccc6cc5c34)ccc2-c2ccc3c(-c4ccc5c(c4)oc4ccccc45)cccc3c21. The van der Waals surface area contributed by atoms with Crippen molar-refractivity contribution in [1.82, 2.24) is 0 Å². The number of para-hydroxylation sites is 1. The van der Waals surface area contributed by atoms with Gasteiger partial charge in [-0.1, -0.05) is 117 Å². The lowest BCUT2D eigenvalue weighted by molar-refractivity contribution is 0.666. The molecule has 1 aliphatic rings. The molecule has 0 unspecified atom stereocenters. The number of rotatable bonds is 2. The van der Waals surface area contributed by atoms with Crippen LogP contribution in [0.25, 0.3) is 98.8 Å². The first-order valence-corrected chi connectivity index (χ1v) is 17.0. The second kappa shape index (κ2) is 9.49. The van der Waals surface area contributed by atoms with E-state index in [0.29, 0.717) is 0 Å². The van der Waals surface area contributed by atoms with E-state index in [1.807, 2.05) is 12.1 Å². The van der Waals surface area contributed by atoms with Gasteiger partial charge in [0.15, 0.2) is 0 Å². The van der Waals surface area contributed by atoms with Crippen molar-refractivity contribution >= 4 is 65.4 Å². The average molecular weight is 627 g/mol. The molecule has 1 aliphatic carbocycles. The van der Waals surface area contributed by atoms with Crippen molar-refractivity contribution in [2.45, 2.75) is 19.3 Å². The fourth-order valence-electron chi connectivity index (χ4n) is 8.75. The summed E-state index contributed by atoms with van der Waals surface area (Å²) in [6.07, 6.45) is 0. The van der Waals surface area contributed by atoms with Crippen LogP contribution in [0.5, 0.6) is 0 Å². The fourth-order valence-corrected chi connectivity index (χ4v) is 8.75. The van der Waals surface area contributed by atoms with Crippen molar-refractivity contribution in [3.63, 3.8) is 0 Å². The van der Waals surface area contributed by atoms with Crippen LogP contribution >= 0.6 is 0 Å². The van der Waals surface area contributed by atoms with E-state index in [-0.39, 0.29) is 5.41 Å². The second-order valence-electron chi connectivity index (χ2n) is 14.1. The first-order chi connectivity index (χ1) is 24.0. The quantitative estimate of drug-likeness (QED) is 0.191. The molecule has 0 radical (unpaired) electrons. The van der Waals surface area contributed by atoms with Gasteiger partial charge in [-0.15, -0.1) is 0 Å². The van der Waals surface area contributed by atoms with Gasteiger partial charge in [-0.25, -0.2) is 0 Å². The van der Waals surface area contributed by atoms with E-state index in [2.05, 4.69) is 147 Å². The molecule has 2 aromatic heterocycles. The maximum Gasteiger partial charge on any atom is 0.136 e. The molecule has 11 rings (SSSR count). The van der Waals surface area contributed by atoms with E-state index in [1.165, 1.54) is 71.4 Å². The van der Waals surface area contributed by atoms with Gasteiger partial charge in [0.1, 0.15) is 22.3 Å². The lowest BCUT2D eigenvalue weighted by Gasteiger charge is -2.24. The summed E-state index contributed by atoms with van der Waals surface area (Å²) >= 11 is 0. The van der Waals surface area contributed by atoms with Crippen LogP contribution < -0.4 is 0 Å². The zero-order valence-electron chi connectivity index (χ0n) is 27.2. The summed E-state index contributed by atoms with van der Waals surface area (Å²) < 4.78 is 12.7. The maximum absolute atomic E-state index is 6.44. The molecule has 0 N–H and O–H groups in total. The van der Waals surface area contributed by atoms with Crippen LogP contribution in [-0.4, -0.2) is 0 Å². The lowest BCUT2D eigenvalue weighted by Crippen LogP contribution is -2.15. The summed E-state index contributed by atoms with van der Waals surface area (Å²) in [4.78, 5) is 0. The minimum atomic E-state index is -0.190. The second-order valence-corrected chi connectivity index (χ2v) is 14.1. The van der Waals surface area contributed by atoms with Gasteiger partial charge < -0.3 is 8.83 Å². The average Bonchev–Trinajstić information content (AvgIpc) is 3.77. The molecule has 8 aromatic carbocycles. The Kier molecular flexibility index (Phi) is 5.21. The zero-order chi connectivity index (χ0) is 32.4. The standard InChI is InChI=1S/C47H30O2/c1-47(2)40-24-29(32-13-8-16-42-45(32)39-23-27-9-3-4-10-28(27)25-44(39)49-42)17-19-34(40)38-22-21-33-31(12-7-14-37(33)46(38)47)30-18-20-36-35-11-5-6-15-41(35)48-43(36)26-30/h3-26H,1-2H3. The summed E-state index contributed by atoms with van der Waals surface area (Å²) in [6.45, 7) is 4.77. The first-order valence-electron chi connectivity index (χ1n) is 17.0. The highest BCUT2D eigenvalue weighted by atomic mass is 16.3. The van der Waals surface area contributed by atoms with Crippen LogP contribution in [-0.2, 0) is 5.41 Å². The third-order valence-electron chi connectivity index (χ3n) is 11.0. The molecule has 0 amide bonds. The predicted octanol–water partition coefficient (Wildman–Crippen LogP) is 13.4. The van der Waals surface area contributed by atoms with E-state index in [9.17, 15) is 0 Å². The summed E-state index contributed by atoms with van der Waals surface area (Å²) in [5.41, 5.74) is 13.7. The van der Waals surface area contributed by atoms with E-state index in [1.54, 1.807) is 0 Å². The van der Waals surface area contributed by atoms with Crippen LogP contribution in [0.15, 0.2) is 154 Å². The lowest BCUT2D eigenvalue weighted by atomic mass is 9.79. The number of hydrogen-bond acceptors (Lipinski definition) is 2. The molecule has 230 valence electrons. The summed E-state index contributed by atoms with van der Waals surface area (Å²) in [5, 5.41) is 9.63. The Balaban J connectivity index is 1.07. The van der Waals surface area contributed by atoms with Gasteiger partial charge in [0, 0.05) is 27.0 Å². The van der Waals surface area contributed by atoms with Gasteiger partial charge >= 0.3 is 0 Å². The highest BCUT2D eigenvalue weighted by Gasteiger charge is 2.37. The molecule has 49 heavy (non-hydrogen) atoms. The normalized spacial score (nSPS) is 13.7. The Hall–Kier alpha value is -6.12. The molecular weight excluding hydrogens is 597 g/mol. The first kappa shape index (κ1) is 26.9. The smallest absolute Gasteiger partial charge is 0.136 e. The van der Waals surface area contributed by atoms with Crippen LogP contribution in [0, 0.1) is 0 Å². The van der Waals surface area contributed by atoms with Crippen LogP contribution in [0.3, 0.4) is 0 Å². The maximum atomic E-state index is 6.44. The Bertz CT molecular complexity index is 3020. The van der Waals surface area contributed by atoms with Crippen molar-refractivity contribution in [3.05, 3.63) is 157 Å². The summed E-state index contributed by atoms with van der Waals surface area (Å²) in [5.74, 6) is 0. The Labute approximate surface area is 282 Å². The van der Waals surface area contributed by atoms with Crippen LogP contribution in [0.1, 0.15) is 25.0 Å². The van der Waals surface area contributed by atoms with E-state index >= 15 is 0 Å². The molecule has 0 saturated heterocycles. The van der Waals surface area contributed by atoms with Crippen molar-refractivity contribution in [2.24, 2.45) is 0 Å². The van der Waals surface area contributed by atoms with Crippen molar-refractivity contribution in [1.29, 1.82) is 0 Å². The number of hydrogen-bond donors (Lipinski definition) is 0. The molecular formula is C47H30O2. The van der Waals surface area contributed by atoms with Gasteiger partial charge in [0.2, 0.25) is 0 Å². The molecule has 0 bridgehead atoms. The topological polar surface area (TPSA) is 26.3 Å². The molecule has 2 nitrogen and oxygen atoms in total. The largest absolute Gasteiger partial charge is 0.456 e. The fraction of sp³-hybridized carbons (Fsp3) is 0.0638. The number of furan rings is 2. The monoisotopic (exact) mass is 626 g/mol. The minimum absolute atomic E-state index is 0.190. The minimum Gasteiger partial charge on any atom is -0.456 e. The molecule has 0 fully saturated rings. The zero-order valence-corrected chi connectivity index (χ0v) is 27.2. The summed E-state index contributed by atoms with van der Waals surface area (Å²) in [6, 6.07) is 52.8. The molecule has 0 saturated carbocycles. The van der Waals surface area contributed by atoms with E-state index in [4.69, 9.17) is 8.83 Å². The molecule has 10 aromatic rings. The predicted molar refractivity (Wildman–Crippen MR) is 204 cm³/mol. The van der Waals surface area contributed by atoms with Crippen LogP contribution in [0.4, 0.5) is 0 Å². The Morgan fingerprint density at radius 2 is 1.02 bits per heavy atom. The number of fused-ring (bicyclic) bond motifs is 12. The van der Waals surface area contributed by atoms with E-state index < -0.39 is 0 Å². The molecule has 0 aliphatic heterocycles. The van der Waals surface area contributed by atoms with Crippen LogP contribution in [0.2, 0.25) is 0 Å². The van der Waals surface area contributed by atoms with Gasteiger partial charge in [0.25, 0.3) is 0 Å².